The second kappa shape index (κ2) is 17.8. The molecule has 0 aliphatic carbocycles. The molecule has 0 saturated carbocycles. The highest BCUT2D eigenvalue weighted by Gasteiger charge is 2.04. The van der Waals surface area contributed by atoms with Gasteiger partial charge in [0.05, 0.1) is 0 Å². The Balaban J connectivity index is 3.88. The topological polar surface area (TPSA) is 9.23 Å². The van der Waals surface area contributed by atoms with Crippen molar-refractivity contribution in [2.45, 2.75) is 81.1 Å². The first kappa shape index (κ1) is 27.9. The summed E-state index contributed by atoms with van der Waals surface area (Å²) in [5, 5.41) is 0. The summed E-state index contributed by atoms with van der Waals surface area (Å²) in [6, 6.07) is 0. The average molecular weight is 403 g/mol. The van der Waals surface area contributed by atoms with E-state index in [4.69, 9.17) is 4.74 Å². The lowest BCUT2D eigenvalue weighted by Gasteiger charge is -2.14. The normalized spacial score (nSPS) is 17.4. The second-order valence-electron chi connectivity index (χ2n) is 9.85. The third-order valence-corrected chi connectivity index (χ3v) is 4.87. The van der Waals surface area contributed by atoms with Crippen LogP contribution in [0.15, 0.2) is 48.6 Å². The van der Waals surface area contributed by atoms with E-state index in [1.807, 2.05) is 0 Å². The number of allylic oxidation sites excluding steroid dienone is 8. The van der Waals surface area contributed by atoms with E-state index >= 15 is 0 Å². The number of ether oxygens (including phenoxy) is 1. The molecule has 0 saturated heterocycles. The van der Waals surface area contributed by atoms with Gasteiger partial charge in [0.15, 0.2) is 0 Å². The van der Waals surface area contributed by atoms with Crippen LogP contribution in [-0.2, 0) is 4.74 Å². The monoisotopic (exact) mass is 402 g/mol. The van der Waals surface area contributed by atoms with Gasteiger partial charge >= 0.3 is 0 Å². The Kier molecular flexibility index (Phi) is 17.1. The Morgan fingerprint density at radius 2 is 0.828 bits per heavy atom. The molecule has 4 atom stereocenters. The third-order valence-electron chi connectivity index (χ3n) is 4.87. The minimum Gasteiger partial charge on any atom is -0.381 e. The smallest absolute Gasteiger partial charge is 0.0494 e. The molecule has 168 valence electrons. The van der Waals surface area contributed by atoms with E-state index in [0.29, 0.717) is 35.5 Å². The van der Waals surface area contributed by atoms with Crippen molar-refractivity contribution in [1.29, 1.82) is 0 Å². The molecule has 0 aromatic carbocycles. The molecule has 0 aliphatic rings. The van der Waals surface area contributed by atoms with Crippen LogP contribution in [0, 0.1) is 35.5 Å². The summed E-state index contributed by atoms with van der Waals surface area (Å²) in [7, 11) is 0. The van der Waals surface area contributed by atoms with Gasteiger partial charge in [-0.15, -0.1) is 0 Å². The van der Waals surface area contributed by atoms with Gasteiger partial charge in [-0.25, -0.2) is 0 Å². The van der Waals surface area contributed by atoms with Gasteiger partial charge in [0.2, 0.25) is 0 Å². The molecule has 0 N–H and O–H groups in total. The summed E-state index contributed by atoms with van der Waals surface area (Å²) in [4.78, 5) is 0. The molecule has 0 aromatic heterocycles. The molecule has 1 nitrogen and oxygen atoms in total. The molecular weight excluding hydrogens is 352 g/mol. The summed E-state index contributed by atoms with van der Waals surface area (Å²) in [6.07, 6.45) is 23.1. The van der Waals surface area contributed by atoms with Crippen LogP contribution < -0.4 is 0 Å². The van der Waals surface area contributed by atoms with Crippen LogP contribution in [-0.4, -0.2) is 13.2 Å². The van der Waals surface area contributed by atoms with Gasteiger partial charge in [-0.2, -0.15) is 0 Å². The van der Waals surface area contributed by atoms with Crippen molar-refractivity contribution in [2.24, 2.45) is 35.5 Å². The minimum absolute atomic E-state index is 0.583. The lowest BCUT2D eigenvalue weighted by atomic mass is 10.0. The Hall–Kier alpha value is -1.08. The maximum atomic E-state index is 5.96. The van der Waals surface area contributed by atoms with Crippen molar-refractivity contribution in [2.75, 3.05) is 13.2 Å². The molecule has 1 heteroatoms. The van der Waals surface area contributed by atoms with Crippen molar-refractivity contribution in [3.05, 3.63) is 48.6 Å². The van der Waals surface area contributed by atoms with Gasteiger partial charge in [-0.1, -0.05) is 104 Å². The maximum absolute atomic E-state index is 5.96. The van der Waals surface area contributed by atoms with E-state index < -0.39 is 0 Å². The zero-order valence-electron chi connectivity index (χ0n) is 20.7. The van der Waals surface area contributed by atoms with Gasteiger partial charge in [0, 0.05) is 13.2 Å². The second-order valence-corrected chi connectivity index (χ2v) is 9.85. The molecule has 29 heavy (non-hydrogen) atoms. The third kappa shape index (κ3) is 20.0. The average Bonchev–Trinajstić information content (AvgIpc) is 2.61. The highest BCUT2D eigenvalue weighted by molar-refractivity contribution is 4.94. The molecule has 0 amide bonds. The first-order valence-corrected chi connectivity index (χ1v) is 11.9. The first-order chi connectivity index (χ1) is 13.7. The van der Waals surface area contributed by atoms with Crippen molar-refractivity contribution in [1.82, 2.24) is 0 Å². The van der Waals surface area contributed by atoms with Crippen molar-refractivity contribution in [3.63, 3.8) is 0 Å². The molecule has 0 spiro atoms. The summed E-state index contributed by atoms with van der Waals surface area (Å²) in [5.41, 5.74) is 0. The van der Waals surface area contributed by atoms with E-state index in [1.165, 1.54) is 0 Å². The predicted octanol–water partition coefficient (Wildman–Crippen LogP) is 8.64. The highest BCUT2D eigenvalue weighted by Crippen LogP contribution is 2.12. The lowest BCUT2D eigenvalue weighted by Crippen LogP contribution is -2.11. The largest absolute Gasteiger partial charge is 0.381 e. The van der Waals surface area contributed by atoms with Crippen molar-refractivity contribution < 1.29 is 4.74 Å². The van der Waals surface area contributed by atoms with Gasteiger partial charge in [-0.05, 0) is 61.2 Å². The molecule has 4 unspecified atom stereocenters. The Morgan fingerprint density at radius 1 is 0.483 bits per heavy atom. The number of hydrogen-bond acceptors (Lipinski definition) is 1. The Bertz CT molecular complexity index is 437. The van der Waals surface area contributed by atoms with Gasteiger partial charge < -0.3 is 4.74 Å². The summed E-state index contributed by atoms with van der Waals surface area (Å²) in [6.45, 7) is 19.8. The summed E-state index contributed by atoms with van der Waals surface area (Å²) >= 11 is 0. The van der Waals surface area contributed by atoms with Crippen LogP contribution in [0.2, 0.25) is 0 Å². The fourth-order valence-electron chi connectivity index (χ4n) is 2.98. The molecule has 0 aliphatic heterocycles. The van der Waals surface area contributed by atoms with Gasteiger partial charge in [0.1, 0.15) is 0 Å². The standard InChI is InChI=1S/C28H50O/c1-23(2)13-9-15-25(5)17-11-19-27(7)21-29-22-28(8)20-12-18-26(6)16-10-14-24(3)4/h9-14,17-18,23-28H,15-16,19-22H2,1-8H3. The summed E-state index contributed by atoms with van der Waals surface area (Å²) < 4.78 is 5.96. The van der Waals surface area contributed by atoms with Crippen LogP contribution in [0.3, 0.4) is 0 Å². The number of hydrogen-bond donors (Lipinski definition) is 0. The van der Waals surface area contributed by atoms with E-state index in [-0.39, 0.29) is 0 Å². The fourth-order valence-corrected chi connectivity index (χ4v) is 2.98. The molecule has 0 rings (SSSR count). The molecule has 0 fully saturated rings. The molecule has 0 heterocycles. The van der Waals surface area contributed by atoms with Crippen LogP contribution >= 0.6 is 0 Å². The zero-order chi connectivity index (χ0) is 22.1. The summed E-state index contributed by atoms with van der Waals surface area (Å²) in [5.74, 6) is 3.70. The molecular formula is C28H50O. The zero-order valence-corrected chi connectivity index (χ0v) is 20.7. The predicted molar refractivity (Wildman–Crippen MR) is 132 cm³/mol. The highest BCUT2D eigenvalue weighted by atomic mass is 16.5. The van der Waals surface area contributed by atoms with Crippen LogP contribution in [0.5, 0.6) is 0 Å². The van der Waals surface area contributed by atoms with E-state index in [1.54, 1.807) is 0 Å². The Morgan fingerprint density at radius 3 is 1.17 bits per heavy atom. The molecule has 0 bridgehead atoms. The van der Waals surface area contributed by atoms with E-state index in [0.717, 1.165) is 38.9 Å². The van der Waals surface area contributed by atoms with Gasteiger partial charge in [0.25, 0.3) is 0 Å². The fraction of sp³-hybridized carbons (Fsp3) is 0.714. The quantitative estimate of drug-likeness (QED) is 0.235. The van der Waals surface area contributed by atoms with Crippen LogP contribution in [0.4, 0.5) is 0 Å². The molecule has 0 aromatic rings. The van der Waals surface area contributed by atoms with Crippen molar-refractivity contribution >= 4 is 0 Å². The van der Waals surface area contributed by atoms with Crippen molar-refractivity contribution in [3.8, 4) is 0 Å². The first-order valence-electron chi connectivity index (χ1n) is 11.9. The lowest BCUT2D eigenvalue weighted by molar-refractivity contribution is 0.0812. The molecule has 0 radical (unpaired) electrons. The minimum atomic E-state index is 0.583. The SMILES string of the molecule is CC(C)C=CCC(C)C=CCC(C)COCC(C)CC=CC(C)CC=CC(C)C. The van der Waals surface area contributed by atoms with E-state index in [9.17, 15) is 0 Å². The van der Waals surface area contributed by atoms with Crippen LogP contribution in [0.1, 0.15) is 81.1 Å². The van der Waals surface area contributed by atoms with Gasteiger partial charge in [-0.3, -0.25) is 0 Å². The van der Waals surface area contributed by atoms with Crippen LogP contribution in [0.25, 0.3) is 0 Å². The number of rotatable bonds is 16. The Labute approximate surface area is 183 Å². The maximum Gasteiger partial charge on any atom is 0.0494 e. The van der Waals surface area contributed by atoms with E-state index in [2.05, 4.69) is 104 Å².